The quantitative estimate of drug-likeness (QED) is 0.862. The predicted octanol–water partition coefficient (Wildman–Crippen LogP) is 2.45. The molecule has 0 bridgehead atoms. The van der Waals surface area contributed by atoms with Crippen molar-refractivity contribution in [2.75, 3.05) is 11.2 Å². The van der Waals surface area contributed by atoms with Crippen LogP contribution in [0.5, 0.6) is 0 Å². The topological polar surface area (TPSA) is 46.9 Å². The highest BCUT2D eigenvalue weighted by Gasteiger charge is 2.07. The molecule has 1 amide bonds. The molecular weight excluding hydrogens is 250 g/mol. The maximum Gasteiger partial charge on any atom is 0.258 e. The van der Waals surface area contributed by atoms with Crippen molar-refractivity contribution in [1.29, 1.82) is 0 Å². The minimum atomic E-state index is -0.159. The first-order valence-corrected chi connectivity index (χ1v) is 6.17. The summed E-state index contributed by atoms with van der Waals surface area (Å²) in [6.45, 7) is 0. The number of aryl methyl sites for hydroxylation is 2. The smallest absolute Gasteiger partial charge is 0.258 e. The van der Waals surface area contributed by atoms with Gasteiger partial charge in [-0.05, 0) is 24.1 Å². The molecule has 0 unspecified atom stereocenters. The number of alkyl halides is 1. The lowest BCUT2D eigenvalue weighted by atomic mass is 10.1. The molecule has 94 valence electrons. The molecule has 0 saturated heterocycles. The molecule has 0 fully saturated rings. The van der Waals surface area contributed by atoms with Gasteiger partial charge >= 0.3 is 0 Å². The third kappa shape index (κ3) is 3.11. The molecule has 2 aromatic rings. The Bertz CT molecular complexity index is 533. The van der Waals surface area contributed by atoms with Crippen molar-refractivity contribution in [3.05, 3.63) is 47.8 Å². The summed E-state index contributed by atoms with van der Waals surface area (Å²) in [7, 11) is 1.78. The number of carbonyl (C=O) groups is 1. The van der Waals surface area contributed by atoms with Crippen LogP contribution >= 0.6 is 11.6 Å². The summed E-state index contributed by atoms with van der Waals surface area (Å²) in [5, 5.41) is 6.77. The van der Waals surface area contributed by atoms with Gasteiger partial charge in [-0.1, -0.05) is 12.1 Å². The standard InChI is InChI=1S/C13H14ClN3O/c1-17-9-11(8-15-17)13(18)16-12-4-2-10(3-5-12)6-7-14/h2-5,8-9H,6-7H2,1H3,(H,16,18). The van der Waals surface area contributed by atoms with Gasteiger partial charge in [0.1, 0.15) is 0 Å². The van der Waals surface area contributed by atoms with Crippen LogP contribution in [0, 0.1) is 0 Å². The van der Waals surface area contributed by atoms with Crippen LogP contribution in [0.15, 0.2) is 36.7 Å². The van der Waals surface area contributed by atoms with E-state index in [-0.39, 0.29) is 5.91 Å². The summed E-state index contributed by atoms with van der Waals surface area (Å²) >= 11 is 5.66. The Labute approximate surface area is 111 Å². The highest BCUT2D eigenvalue weighted by molar-refractivity contribution is 6.18. The van der Waals surface area contributed by atoms with Crippen LogP contribution in [0.25, 0.3) is 0 Å². The number of nitrogens with zero attached hydrogens (tertiary/aromatic N) is 2. The van der Waals surface area contributed by atoms with Gasteiger partial charge in [-0.25, -0.2) is 0 Å². The van der Waals surface area contributed by atoms with Crippen molar-refractivity contribution in [3.63, 3.8) is 0 Å². The molecule has 0 radical (unpaired) electrons. The van der Waals surface area contributed by atoms with Gasteiger partial charge < -0.3 is 5.32 Å². The monoisotopic (exact) mass is 263 g/mol. The van der Waals surface area contributed by atoms with E-state index in [9.17, 15) is 4.79 Å². The molecule has 1 N–H and O–H groups in total. The van der Waals surface area contributed by atoms with E-state index in [4.69, 9.17) is 11.6 Å². The zero-order valence-corrected chi connectivity index (χ0v) is 10.8. The largest absolute Gasteiger partial charge is 0.322 e. The van der Waals surface area contributed by atoms with Gasteiger partial charge in [0.2, 0.25) is 0 Å². The number of hydrogen-bond donors (Lipinski definition) is 1. The van der Waals surface area contributed by atoms with E-state index in [0.29, 0.717) is 11.4 Å². The minimum absolute atomic E-state index is 0.159. The van der Waals surface area contributed by atoms with Crippen LogP contribution in [0.2, 0.25) is 0 Å². The Kier molecular flexibility index (Phi) is 3.99. The average Bonchev–Trinajstić information content (AvgIpc) is 2.79. The van der Waals surface area contributed by atoms with E-state index in [1.54, 1.807) is 17.9 Å². The van der Waals surface area contributed by atoms with Crippen LogP contribution in [0.4, 0.5) is 5.69 Å². The molecule has 5 heteroatoms. The molecule has 0 aliphatic heterocycles. The van der Waals surface area contributed by atoms with Crippen LogP contribution in [-0.2, 0) is 13.5 Å². The average molecular weight is 264 g/mol. The van der Waals surface area contributed by atoms with Gasteiger partial charge in [0.05, 0.1) is 11.8 Å². The Morgan fingerprint density at radius 1 is 1.39 bits per heavy atom. The summed E-state index contributed by atoms with van der Waals surface area (Å²) < 4.78 is 1.60. The minimum Gasteiger partial charge on any atom is -0.322 e. The number of aromatic nitrogens is 2. The molecule has 2 rings (SSSR count). The van der Waals surface area contributed by atoms with Crippen molar-refractivity contribution < 1.29 is 4.79 Å². The van der Waals surface area contributed by atoms with Gasteiger partial charge in [0.15, 0.2) is 0 Å². The van der Waals surface area contributed by atoms with Gasteiger partial charge in [-0.15, -0.1) is 11.6 Å². The second-order valence-corrected chi connectivity index (χ2v) is 4.37. The van der Waals surface area contributed by atoms with Crippen molar-refractivity contribution in [1.82, 2.24) is 9.78 Å². The number of benzene rings is 1. The van der Waals surface area contributed by atoms with Crippen LogP contribution in [-0.4, -0.2) is 21.6 Å². The highest BCUT2D eigenvalue weighted by Crippen LogP contribution is 2.12. The number of amides is 1. The zero-order valence-electron chi connectivity index (χ0n) is 10.1. The molecule has 1 aromatic heterocycles. The fraction of sp³-hybridized carbons (Fsp3) is 0.231. The molecule has 0 aliphatic carbocycles. The maximum absolute atomic E-state index is 11.9. The van der Waals surface area contributed by atoms with E-state index in [2.05, 4.69) is 10.4 Å². The second-order valence-electron chi connectivity index (χ2n) is 3.99. The van der Waals surface area contributed by atoms with E-state index in [1.165, 1.54) is 6.20 Å². The summed E-state index contributed by atoms with van der Waals surface area (Å²) in [6, 6.07) is 7.66. The predicted molar refractivity (Wildman–Crippen MR) is 72.0 cm³/mol. The number of nitrogens with one attached hydrogen (secondary N) is 1. The van der Waals surface area contributed by atoms with E-state index in [1.807, 2.05) is 24.3 Å². The fourth-order valence-electron chi connectivity index (χ4n) is 1.61. The van der Waals surface area contributed by atoms with E-state index < -0.39 is 0 Å². The molecule has 0 atom stereocenters. The lowest BCUT2D eigenvalue weighted by molar-refractivity contribution is 0.102. The lowest BCUT2D eigenvalue weighted by Gasteiger charge is -2.04. The Morgan fingerprint density at radius 3 is 2.67 bits per heavy atom. The van der Waals surface area contributed by atoms with Gasteiger partial charge in [-0.2, -0.15) is 5.10 Å². The number of anilines is 1. The number of rotatable bonds is 4. The molecule has 1 heterocycles. The highest BCUT2D eigenvalue weighted by atomic mass is 35.5. The first-order valence-electron chi connectivity index (χ1n) is 5.64. The molecule has 4 nitrogen and oxygen atoms in total. The number of hydrogen-bond acceptors (Lipinski definition) is 2. The number of halogens is 1. The fourth-order valence-corrected chi connectivity index (χ4v) is 1.82. The maximum atomic E-state index is 11.9. The Morgan fingerprint density at radius 2 is 2.11 bits per heavy atom. The first-order chi connectivity index (χ1) is 8.69. The Hall–Kier alpha value is -1.81. The zero-order chi connectivity index (χ0) is 13.0. The molecule has 0 spiro atoms. The van der Waals surface area contributed by atoms with Crippen molar-refractivity contribution in [2.45, 2.75) is 6.42 Å². The van der Waals surface area contributed by atoms with Crippen LogP contribution < -0.4 is 5.32 Å². The van der Waals surface area contributed by atoms with Crippen molar-refractivity contribution >= 4 is 23.2 Å². The normalized spacial score (nSPS) is 10.3. The summed E-state index contributed by atoms with van der Waals surface area (Å²) in [5.41, 5.74) is 2.47. The second kappa shape index (κ2) is 5.69. The van der Waals surface area contributed by atoms with Gasteiger partial charge in [0, 0.05) is 24.8 Å². The van der Waals surface area contributed by atoms with Gasteiger partial charge in [-0.3, -0.25) is 9.48 Å². The van der Waals surface area contributed by atoms with Crippen LogP contribution in [0.3, 0.4) is 0 Å². The third-order valence-electron chi connectivity index (χ3n) is 2.56. The molecule has 18 heavy (non-hydrogen) atoms. The third-order valence-corrected chi connectivity index (χ3v) is 2.75. The SMILES string of the molecule is Cn1cc(C(=O)Nc2ccc(CCCl)cc2)cn1. The molecule has 0 aliphatic rings. The number of carbonyl (C=O) groups excluding carboxylic acids is 1. The molecule has 1 aromatic carbocycles. The summed E-state index contributed by atoms with van der Waals surface area (Å²) in [5.74, 6) is 0.440. The van der Waals surface area contributed by atoms with Crippen molar-refractivity contribution in [2.24, 2.45) is 7.05 Å². The first kappa shape index (κ1) is 12.6. The van der Waals surface area contributed by atoms with Crippen LogP contribution in [0.1, 0.15) is 15.9 Å². The lowest BCUT2D eigenvalue weighted by Crippen LogP contribution is -2.11. The van der Waals surface area contributed by atoms with E-state index in [0.717, 1.165) is 17.7 Å². The summed E-state index contributed by atoms with van der Waals surface area (Å²) in [6.07, 6.45) is 4.05. The van der Waals surface area contributed by atoms with Gasteiger partial charge in [0.25, 0.3) is 5.91 Å². The Balaban J connectivity index is 2.03. The molecular formula is C13H14ClN3O. The van der Waals surface area contributed by atoms with Crippen molar-refractivity contribution in [3.8, 4) is 0 Å². The van der Waals surface area contributed by atoms with E-state index >= 15 is 0 Å². The summed E-state index contributed by atoms with van der Waals surface area (Å²) in [4.78, 5) is 11.9. The molecule has 0 saturated carbocycles.